The second-order valence-electron chi connectivity index (χ2n) is 8.02. The summed E-state index contributed by atoms with van der Waals surface area (Å²) < 4.78 is 19.5. The maximum atomic E-state index is 13.3. The Morgan fingerprint density at radius 1 is 1.34 bits per heavy atom. The summed E-state index contributed by atoms with van der Waals surface area (Å²) in [5.74, 6) is -1.66. The Balaban J connectivity index is 1.42. The number of thiophene rings is 1. The van der Waals surface area contributed by atoms with E-state index >= 15 is 0 Å². The van der Waals surface area contributed by atoms with Crippen LogP contribution < -0.4 is 4.90 Å². The third-order valence-electron chi connectivity index (χ3n) is 6.25. The van der Waals surface area contributed by atoms with Crippen molar-refractivity contribution in [3.05, 3.63) is 64.1 Å². The van der Waals surface area contributed by atoms with E-state index in [9.17, 15) is 14.0 Å². The Kier molecular flexibility index (Phi) is 4.15. The third kappa shape index (κ3) is 2.75. The van der Waals surface area contributed by atoms with Crippen LogP contribution in [0.2, 0.25) is 0 Å². The maximum absolute atomic E-state index is 13.3. The summed E-state index contributed by atoms with van der Waals surface area (Å²) >= 11 is 1.63. The molecule has 5 rings (SSSR count). The number of ether oxygens (including phenoxy) is 1. The normalized spacial score (nSPS) is 29.6. The lowest BCUT2D eigenvalue weighted by Crippen LogP contribution is -2.44. The predicted molar refractivity (Wildman–Crippen MR) is 108 cm³/mol. The summed E-state index contributed by atoms with van der Waals surface area (Å²) in [7, 11) is 1.78. The Bertz CT molecular complexity index is 1020. The van der Waals surface area contributed by atoms with Gasteiger partial charge in [-0.2, -0.15) is 0 Å². The van der Waals surface area contributed by atoms with Crippen molar-refractivity contribution in [2.45, 2.75) is 25.2 Å². The predicted octanol–water partition coefficient (Wildman–Crippen LogP) is 3.14. The van der Waals surface area contributed by atoms with Crippen molar-refractivity contribution in [1.82, 2.24) is 4.90 Å². The van der Waals surface area contributed by atoms with Gasteiger partial charge in [0.1, 0.15) is 11.4 Å². The van der Waals surface area contributed by atoms with Crippen LogP contribution in [-0.4, -0.2) is 42.0 Å². The van der Waals surface area contributed by atoms with Crippen molar-refractivity contribution in [3.63, 3.8) is 0 Å². The van der Waals surface area contributed by atoms with Gasteiger partial charge in [0, 0.05) is 17.6 Å². The minimum Gasteiger partial charge on any atom is -0.360 e. The van der Waals surface area contributed by atoms with E-state index in [1.165, 1.54) is 12.1 Å². The number of fused-ring (bicyclic) bond motifs is 1. The summed E-state index contributed by atoms with van der Waals surface area (Å²) in [6.45, 7) is 2.89. The molecular weight excluding hydrogens is 391 g/mol. The summed E-state index contributed by atoms with van der Waals surface area (Å²) in [6, 6.07) is 7.88. The van der Waals surface area contributed by atoms with E-state index in [0.29, 0.717) is 18.8 Å². The molecule has 0 saturated carbocycles. The molecule has 1 aromatic carbocycles. The number of benzene rings is 1. The molecule has 1 spiro atoms. The average Bonchev–Trinajstić information content (AvgIpc) is 3.44. The molecule has 2 fully saturated rings. The Morgan fingerprint density at radius 2 is 2.10 bits per heavy atom. The lowest BCUT2D eigenvalue weighted by molar-refractivity contribution is -0.139. The van der Waals surface area contributed by atoms with Crippen LogP contribution in [-0.2, 0) is 20.9 Å². The molecule has 0 N–H and O–H groups in total. The van der Waals surface area contributed by atoms with E-state index in [2.05, 4.69) is 0 Å². The number of rotatable bonds is 4. The number of hydrogen-bond donors (Lipinski definition) is 0. The van der Waals surface area contributed by atoms with Gasteiger partial charge in [-0.3, -0.25) is 9.59 Å². The second-order valence-corrected chi connectivity index (χ2v) is 9.02. The summed E-state index contributed by atoms with van der Waals surface area (Å²) in [5.41, 5.74) is 1.000. The van der Waals surface area contributed by atoms with E-state index in [4.69, 9.17) is 4.74 Å². The van der Waals surface area contributed by atoms with E-state index in [-0.39, 0.29) is 23.7 Å². The zero-order valence-corrected chi connectivity index (χ0v) is 17.0. The summed E-state index contributed by atoms with van der Waals surface area (Å²) in [4.78, 5) is 31.1. The highest BCUT2D eigenvalue weighted by atomic mass is 32.1. The van der Waals surface area contributed by atoms with Crippen LogP contribution in [0.25, 0.3) is 0 Å². The summed E-state index contributed by atoms with van der Waals surface area (Å²) in [6.07, 6.45) is 3.46. The van der Waals surface area contributed by atoms with E-state index in [0.717, 1.165) is 10.4 Å². The zero-order chi connectivity index (χ0) is 20.3. The minimum absolute atomic E-state index is 0.0756. The van der Waals surface area contributed by atoms with Crippen LogP contribution in [0.4, 0.5) is 10.1 Å². The Labute approximate surface area is 172 Å². The number of amides is 2. The molecule has 4 heterocycles. The van der Waals surface area contributed by atoms with Crippen LogP contribution in [0.1, 0.15) is 10.4 Å². The largest absolute Gasteiger partial charge is 0.360 e. The van der Waals surface area contributed by atoms with Crippen molar-refractivity contribution in [2.75, 3.05) is 18.5 Å². The van der Waals surface area contributed by atoms with Gasteiger partial charge in [0.25, 0.3) is 0 Å². The van der Waals surface area contributed by atoms with Gasteiger partial charge in [-0.1, -0.05) is 12.2 Å². The van der Waals surface area contributed by atoms with Gasteiger partial charge in [-0.15, -0.1) is 11.3 Å². The SMILES string of the molecule is Cc1ccsc1CN(C)C(=O)[C@H]1[C@@H]2C=C[C@@]3(CN(c4ccc(F)cc4)C(=O)[C@H]13)O2. The molecule has 2 saturated heterocycles. The third-order valence-corrected chi connectivity index (χ3v) is 7.26. The number of aryl methyl sites for hydroxylation is 1. The quantitative estimate of drug-likeness (QED) is 0.725. The average molecular weight is 412 g/mol. The number of hydrogen-bond acceptors (Lipinski definition) is 4. The van der Waals surface area contributed by atoms with Gasteiger partial charge in [0.15, 0.2) is 0 Å². The molecule has 2 aromatic rings. The highest BCUT2D eigenvalue weighted by Crippen LogP contribution is 2.53. The van der Waals surface area contributed by atoms with E-state index in [1.807, 2.05) is 30.5 Å². The van der Waals surface area contributed by atoms with Crippen molar-refractivity contribution in [1.29, 1.82) is 0 Å². The first-order valence-electron chi connectivity index (χ1n) is 9.62. The highest BCUT2D eigenvalue weighted by molar-refractivity contribution is 7.10. The number of carbonyl (C=O) groups excluding carboxylic acids is 2. The molecule has 1 aromatic heterocycles. The lowest BCUT2D eigenvalue weighted by atomic mass is 9.76. The fourth-order valence-corrected chi connectivity index (χ4v) is 5.69. The molecule has 2 bridgehead atoms. The Morgan fingerprint density at radius 3 is 2.79 bits per heavy atom. The molecule has 3 aliphatic heterocycles. The lowest BCUT2D eigenvalue weighted by Gasteiger charge is -2.27. The first kappa shape index (κ1) is 18.5. The van der Waals surface area contributed by atoms with Crippen molar-refractivity contribution in [2.24, 2.45) is 11.8 Å². The number of halogens is 1. The molecule has 5 nitrogen and oxygen atoms in total. The first-order valence-corrected chi connectivity index (χ1v) is 10.5. The summed E-state index contributed by atoms with van der Waals surface area (Å²) in [5, 5.41) is 2.02. The van der Waals surface area contributed by atoms with Crippen LogP contribution in [0.15, 0.2) is 47.9 Å². The molecule has 0 unspecified atom stereocenters. The monoisotopic (exact) mass is 412 g/mol. The topological polar surface area (TPSA) is 49.9 Å². The fourth-order valence-electron chi connectivity index (χ4n) is 4.73. The molecule has 3 aliphatic rings. The minimum atomic E-state index is -0.782. The van der Waals surface area contributed by atoms with Crippen molar-refractivity contribution >= 4 is 28.8 Å². The number of nitrogens with zero attached hydrogens (tertiary/aromatic N) is 2. The van der Waals surface area contributed by atoms with Crippen LogP contribution in [0.5, 0.6) is 0 Å². The van der Waals surface area contributed by atoms with Gasteiger partial charge in [-0.25, -0.2) is 4.39 Å². The van der Waals surface area contributed by atoms with Crippen LogP contribution >= 0.6 is 11.3 Å². The van der Waals surface area contributed by atoms with Crippen LogP contribution in [0.3, 0.4) is 0 Å². The fraction of sp³-hybridized carbons (Fsp3) is 0.364. The van der Waals surface area contributed by atoms with E-state index in [1.54, 1.807) is 40.3 Å². The van der Waals surface area contributed by atoms with Gasteiger partial charge in [0.2, 0.25) is 11.8 Å². The second kappa shape index (κ2) is 6.50. The molecule has 2 amide bonds. The first-order chi connectivity index (χ1) is 13.9. The van der Waals surface area contributed by atoms with Crippen LogP contribution in [0, 0.1) is 24.6 Å². The molecule has 29 heavy (non-hydrogen) atoms. The van der Waals surface area contributed by atoms with Gasteiger partial charge >= 0.3 is 0 Å². The highest BCUT2D eigenvalue weighted by Gasteiger charge is 2.67. The number of anilines is 1. The van der Waals surface area contributed by atoms with Gasteiger partial charge in [0.05, 0.1) is 31.0 Å². The molecule has 7 heteroatoms. The Hall–Kier alpha value is -2.51. The molecule has 4 atom stereocenters. The molecule has 0 aliphatic carbocycles. The number of carbonyl (C=O) groups is 2. The zero-order valence-electron chi connectivity index (χ0n) is 16.2. The smallest absolute Gasteiger partial charge is 0.234 e. The van der Waals surface area contributed by atoms with Gasteiger partial charge < -0.3 is 14.5 Å². The van der Waals surface area contributed by atoms with Crippen molar-refractivity contribution < 1.29 is 18.7 Å². The van der Waals surface area contributed by atoms with Gasteiger partial charge in [-0.05, 0) is 48.2 Å². The standard InChI is InChI=1S/C22H21FN2O3S/c1-13-8-10-29-17(13)11-24(2)20(26)18-16-7-9-22(28-16)12-25(21(27)19(18)22)15-5-3-14(23)4-6-15/h3-10,16,18-19H,11-12H2,1-2H3/t16-,18-,19-,22-/m0/s1. The molecule has 150 valence electrons. The van der Waals surface area contributed by atoms with Crippen molar-refractivity contribution in [3.8, 4) is 0 Å². The van der Waals surface area contributed by atoms with E-state index < -0.39 is 17.4 Å². The molecular formula is C22H21FN2O3S. The maximum Gasteiger partial charge on any atom is 0.234 e. The molecule has 0 radical (unpaired) electrons.